The van der Waals surface area contributed by atoms with Crippen LogP contribution in [0.4, 0.5) is 32.8 Å². The van der Waals surface area contributed by atoms with Gasteiger partial charge in [0.2, 0.25) is 0 Å². The van der Waals surface area contributed by atoms with E-state index >= 15 is 0 Å². The van der Waals surface area contributed by atoms with E-state index in [-0.39, 0.29) is 0 Å². The highest BCUT2D eigenvalue weighted by molar-refractivity contribution is 7.20. The highest BCUT2D eigenvalue weighted by Crippen LogP contribution is 2.50. The third-order valence-corrected chi connectivity index (χ3v) is 13.9. The minimum Gasteiger partial charge on any atom is -0.302 e. The van der Waals surface area contributed by atoms with Gasteiger partial charge in [-0.15, -0.1) is 22.7 Å². The third kappa shape index (κ3) is 5.96. The van der Waals surface area contributed by atoms with Gasteiger partial charge in [0.15, 0.2) is 0 Å². The molecule has 12 aromatic rings. The Hall–Kier alpha value is -7.30. The summed E-state index contributed by atoms with van der Waals surface area (Å²) in [4.78, 5) is 18.1. The van der Waals surface area contributed by atoms with E-state index in [0.29, 0.717) is 0 Å². The van der Waals surface area contributed by atoms with E-state index in [1.807, 2.05) is 0 Å². The number of nitrogens with zero attached hydrogens (tertiary/aromatic N) is 6. The number of thiophene rings is 2. The lowest BCUT2D eigenvalue weighted by atomic mass is 9.98. The second-order valence-corrected chi connectivity index (χ2v) is 17.4. The maximum Gasteiger partial charge on any atom is 0.116 e. The number of anilines is 6. The van der Waals surface area contributed by atoms with Crippen LogP contribution in [0.15, 0.2) is 194 Å². The van der Waals surface area contributed by atoms with Crippen molar-refractivity contribution >= 4 is 122 Å². The molecule has 0 atom stereocenters. The first-order valence-corrected chi connectivity index (χ1v) is 22.3. The molecule has 288 valence electrons. The van der Waals surface area contributed by atoms with Crippen molar-refractivity contribution < 1.29 is 0 Å². The lowest BCUT2D eigenvalue weighted by molar-refractivity contribution is 1.32. The van der Waals surface area contributed by atoms with Gasteiger partial charge in [0.25, 0.3) is 0 Å². The maximum absolute atomic E-state index is 5.72. The Morgan fingerprint density at radius 3 is 0.984 bits per heavy atom. The summed E-state index contributed by atoms with van der Waals surface area (Å²) in [6.45, 7) is 0. The van der Waals surface area contributed by atoms with Crippen molar-refractivity contribution in [3.63, 3.8) is 0 Å². The van der Waals surface area contributed by atoms with E-state index < -0.39 is 0 Å². The monoisotopic (exact) mass is 836 g/mol. The van der Waals surface area contributed by atoms with E-state index in [2.05, 4.69) is 204 Å². The van der Waals surface area contributed by atoms with Crippen molar-refractivity contribution in [2.45, 2.75) is 0 Å². The molecule has 0 unspecified atom stereocenters. The molecule has 0 aliphatic heterocycles. The molecule has 12 rings (SSSR count). The molecule has 0 radical (unpaired) electrons. The second-order valence-electron chi connectivity index (χ2n) is 14.7. The fourth-order valence-corrected chi connectivity index (χ4v) is 11.2. The molecule has 8 aromatic carbocycles. The van der Waals surface area contributed by atoms with Crippen LogP contribution >= 0.6 is 34.4 Å². The van der Waals surface area contributed by atoms with Gasteiger partial charge in [-0.1, -0.05) is 121 Å². The number of para-hydroxylation sites is 4. The lowest BCUT2D eigenvalue weighted by Gasteiger charge is -2.23. The topological polar surface area (TPSA) is 58.0 Å². The van der Waals surface area contributed by atoms with E-state index in [1.165, 1.54) is 11.7 Å². The van der Waals surface area contributed by atoms with E-state index in [4.69, 9.17) is 18.7 Å². The molecule has 0 fully saturated rings. The van der Waals surface area contributed by atoms with Gasteiger partial charge in [0.05, 0.1) is 22.8 Å². The zero-order valence-electron chi connectivity index (χ0n) is 32.4. The lowest BCUT2D eigenvalue weighted by Crippen LogP contribution is -2.07. The molecule has 0 amide bonds. The molecular weight excluding hydrogens is 805 g/mol. The van der Waals surface area contributed by atoms with Crippen LogP contribution in [-0.2, 0) is 0 Å². The van der Waals surface area contributed by atoms with Crippen molar-refractivity contribution in [3.8, 4) is 20.9 Å². The van der Waals surface area contributed by atoms with Crippen LogP contribution in [0.5, 0.6) is 0 Å². The van der Waals surface area contributed by atoms with Crippen molar-refractivity contribution in [2.75, 3.05) is 9.80 Å². The molecule has 4 aromatic heterocycles. The van der Waals surface area contributed by atoms with Crippen LogP contribution in [0, 0.1) is 0 Å². The molecule has 0 saturated heterocycles. The molecule has 0 bridgehead atoms. The summed E-state index contributed by atoms with van der Waals surface area (Å²) in [7, 11) is 0. The fraction of sp³-hybridized carbons (Fsp3) is 0. The summed E-state index contributed by atoms with van der Waals surface area (Å²) in [5.41, 5.74) is 11.2. The summed E-state index contributed by atoms with van der Waals surface area (Å²) < 4.78 is 10.2. The molecule has 61 heavy (non-hydrogen) atoms. The Morgan fingerprint density at radius 1 is 0.295 bits per heavy atom. The molecule has 4 heterocycles. The van der Waals surface area contributed by atoms with Crippen molar-refractivity contribution in [1.29, 1.82) is 0 Å². The predicted molar refractivity (Wildman–Crippen MR) is 259 cm³/mol. The van der Waals surface area contributed by atoms with E-state index in [0.717, 1.165) is 108 Å². The number of rotatable bonds is 8. The largest absolute Gasteiger partial charge is 0.302 e. The molecular formula is C52H32N6S3. The van der Waals surface area contributed by atoms with Gasteiger partial charge < -0.3 is 9.80 Å². The zero-order chi connectivity index (χ0) is 40.3. The fourth-order valence-electron chi connectivity index (χ4n) is 8.50. The van der Waals surface area contributed by atoms with Gasteiger partial charge in [-0.05, 0) is 83.6 Å². The predicted octanol–water partition coefficient (Wildman–Crippen LogP) is 15.5. The average Bonchev–Trinajstić information content (AvgIpc) is 4.13. The van der Waals surface area contributed by atoms with Crippen molar-refractivity contribution in [1.82, 2.24) is 18.7 Å². The molecule has 9 heteroatoms. The number of hydrogen-bond donors (Lipinski definition) is 0. The Kier molecular flexibility index (Phi) is 8.62. The summed E-state index contributed by atoms with van der Waals surface area (Å²) in [6.07, 6.45) is 0. The normalized spacial score (nSPS) is 11.6. The number of fused-ring (bicyclic) bond motifs is 8. The molecule has 0 saturated carbocycles. The van der Waals surface area contributed by atoms with Crippen LogP contribution in [0.3, 0.4) is 0 Å². The molecule has 0 N–H and O–H groups in total. The van der Waals surface area contributed by atoms with Crippen molar-refractivity contribution in [2.24, 2.45) is 0 Å². The van der Waals surface area contributed by atoms with Gasteiger partial charge in [-0.25, -0.2) is 9.97 Å². The Bertz CT molecular complexity index is 3240. The molecule has 0 aliphatic carbocycles. The molecule has 0 aliphatic rings. The number of benzene rings is 8. The van der Waals surface area contributed by atoms with Crippen LogP contribution in [0.25, 0.3) is 75.5 Å². The maximum atomic E-state index is 5.72. The van der Waals surface area contributed by atoms with E-state index in [1.54, 1.807) is 22.7 Å². The summed E-state index contributed by atoms with van der Waals surface area (Å²) in [5, 5.41) is 6.61. The minimum atomic E-state index is 0.806. The third-order valence-electron chi connectivity index (χ3n) is 11.2. The highest BCUT2D eigenvalue weighted by atomic mass is 32.1. The first kappa shape index (κ1) is 35.6. The van der Waals surface area contributed by atoms with Gasteiger partial charge in [-0.3, -0.25) is 0 Å². The smallest absolute Gasteiger partial charge is 0.116 e. The van der Waals surface area contributed by atoms with Gasteiger partial charge in [0, 0.05) is 54.4 Å². The van der Waals surface area contributed by atoms with Gasteiger partial charge in [0.1, 0.15) is 32.1 Å². The first-order valence-electron chi connectivity index (χ1n) is 20.0. The number of aromatic nitrogens is 4. The van der Waals surface area contributed by atoms with E-state index in [9.17, 15) is 0 Å². The van der Waals surface area contributed by atoms with Crippen LogP contribution in [0.2, 0.25) is 0 Å². The first-order chi connectivity index (χ1) is 30.3. The standard InChI is InChI=1S/C52H32N6S3/c1-5-17-33(18-6-1)57(34-19-7-2-8-20-34)43-31-29-41(59-43)45-49-50(54-48-40-28-16-14-26-38(40)37-25-13-15-27-39(37)47(48)53-49)46(52-51(45)55-61-56-52)42-30-32-44(60-42)58(35-21-9-3-10-22-35)36-23-11-4-12-24-36/h1-32H. The molecule has 6 nitrogen and oxygen atoms in total. The second kappa shape index (κ2) is 14.8. The Morgan fingerprint density at radius 2 is 0.623 bits per heavy atom. The Balaban J connectivity index is 1.14. The quantitative estimate of drug-likeness (QED) is 0.112. The highest BCUT2D eigenvalue weighted by Gasteiger charge is 2.27. The minimum absolute atomic E-state index is 0.806. The summed E-state index contributed by atoms with van der Waals surface area (Å²) in [6, 6.07) is 68.0. The average molecular weight is 837 g/mol. The summed E-state index contributed by atoms with van der Waals surface area (Å²) >= 11 is 4.69. The van der Waals surface area contributed by atoms with Crippen LogP contribution in [-0.4, -0.2) is 18.7 Å². The Labute approximate surface area is 363 Å². The van der Waals surface area contributed by atoms with Crippen LogP contribution < -0.4 is 9.80 Å². The van der Waals surface area contributed by atoms with Gasteiger partial charge in [-0.2, -0.15) is 8.75 Å². The van der Waals surface area contributed by atoms with Gasteiger partial charge >= 0.3 is 0 Å². The SMILES string of the molecule is c1ccc(N(c2ccccc2)c2ccc(-c3c4nsnc4c(-c4ccc(N(c5ccccc5)c5ccccc5)s4)c4nc5c6ccccc6c6ccccc6c5nc34)s2)cc1. The van der Waals surface area contributed by atoms with Crippen LogP contribution in [0.1, 0.15) is 0 Å². The van der Waals surface area contributed by atoms with Crippen molar-refractivity contribution in [3.05, 3.63) is 194 Å². The molecule has 0 spiro atoms. The summed E-state index contributed by atoms with van der Waals surface area (Å²) in [5.74, 6) is 0. The number of hydrogen-bond acceptors (Lipinski definition) is 9. The zero-order valence-corrected chi connectivity index (χ0v) is 34.8.